The number of Topliss-reactive ketones (excluding diaryl/α,β-unsaturated/α-hetero) is 1. The van der Waals surface area contributed by atoms with Gasteiger partial charge in [0.2, 0.25) is 0 Å². The molecule has 1 aromatic heterocycles. The molecule has 0 saturated heterocycles. The van der Waals surface area contributed by atoms with Crippen molar-refractivity contribution in [1.82, 2.24) is 4.57 Å². The van der Waals surface area contributed by atoms with Crippen LogP contribution in [0.3, 0.4) is 0 Å². The Kier molecular flexibility index (Phi) is 7.03. The quantitative estimate of drug-likeness (QED) is 0.224. The molecule has 0 unspecified atom stereocenters. The predicted octanol–water partition coefficient (Wildman–Crippen LogP) is 6.04. The highest BCUT2D eigenvalue weighted by molar-refractivity contribution is 6.12. The fraction of sp³-hybridized carbons (Fsp3) is 0.310. The first-order valence-corrected chi connectivity index (χ1v) is 11.8. The minimum absolute atomic E-state index is 0.0447. The number of carbonyl (C=O) groups excluding carboxylic acids is 2. The van der Waals surface area contributed by atoms with E-state index in [2.05, 4.69) is 0 Å². The van der Waals surface area contributed by atoms with Crippen LogP contribution in [-0.2, 0) is 11.2 Å². The summed E-state index contributed by atoms with van der Waals surface area (Å²) in [5.41, 5.74) is 0.319. The number of aromatic nitrogens is 1. The van der Waals surface area contributed by atoms with E-state index in [0.29, 0.717) is 23.0 Å². The smallest absolute Gasteiger partial charge is 0.419 e. The van der Waals surface area contributed by atoms with Crippen molar-refractivity contribution in [3.05, 3.63) is 59.9 Å². The van der Waals surface area contributed by atoms with Crippen LogP contribution in [0.2, 0.25) is 0 Å². The first-order chi connectivity index (χ1) is 17.6. The Balaban J connectivity index is 1.88. The minimum Gasteiger partial charge on any atom is -0.493 e. The van der Waals surface area contributed by atoms with Crippen molar-refractivity contribution >= 4 is 33.4 Å². The van der Waals surface area contributed by atoms with Gasteiger partial charge in [-0.1, -0.05) is 0 Å². The Hall–Kier alpha value is -4.20. The summed E-state index contributed by atoms with van der Waals surface area (Å²) < 4.78 is 28.9. The summed E-state index contributed by atoms with van der Waals surface area (Å²) in [5, 5.41) is 3.45. The van der Waals surface area contributed by atoms with Gasteiger partial charge in [-0.3, -0.25) is 4.79 Å². The normalized spacial score (nSPS) is 11.4. The maximum absolute atomic E-state index is 13.5. The van der Waals surface area contributed by atoms with Gasteiger partial charge in [0.25, 0.3) is 0 Å². The number of benzene rings is 3. The SMILES string of the molecule is COc1cc2cc(CC(=O)c3cccn3C(=O)OC(C)(C)C)c3cc(OC)c(OC)cc3c2cc1OC. The van der Waals surface area contributed by atoms with Crippen LogP contribution in [0.15, 0.2) is 48.7 Å². The lowest BCUT2D eigenvalue weighted by Crippen LogP contribution is -2.28. The summed E-state index contributed by atoms with van der Waals surface area (Å²) >= 11 is 0. The Morgan fingerprint density at radius 2 is 1.30 bits per heavy atom. The summed E-state index contributed by atoms with van der Waals surface area (Å²) in [6.45, 7) is 5.34. The molecule has 0 N–H and O–H groups in total. The molecular formula is C29H31NO7. The van der Waals surface area contributed by atoms with Gasteiger partial charge in [-0.25, -0.2) is 9.36 Å². The third kappa shape index (κ3) is 5.05. The molecule has 0 spiro atoms. The van der Waals surface area contributed by atoms with Crippen LogP contribution in [0.25, 0.3) is 21.5 Å². The van der Waals surface area contributed by atoms with Crippen LogP contribution in [0, 0.1) is 0 Å². The van der Waals surface area contributed by atoms with Gasteiger partial charge < -0.3 is 23.7 Å². The molecule has 0 fully saturated rings. The van der Waals surface area contributed by atoms with Crippen molar-refractivity contribution in [1.29, 1.82) is 0 Å². The van der Waals surface area contributed by atoms with Crippen LogP contribution in [0.4, 0.5) is 4.79 Å². The molecule has 0 aliphatic carbocycles. The minimum atomic E-state index is -0.689. The molecular weight excluding hydrogens is 474 g/mol. The number of hydrogen-bond donors (Lipinski definition) is 0. The summed E-state index contributed by atoms with van der Waals surface area (Å²) in [7, 11) is 6.31. The first kappa shape index (κ1) is 25.9. The van der Waals surface area contributed by atoms with E-state index in [1.807, 2.05) is 30.3 Å². The molecule has 8 heteroatoms. The molecule has 3 aromatic carbocycles. The second-order valence-corrected chi connectivity index (χ2v) is 9.56. The fourth-order valence-electron chi connectivity index (χ4n) is 4.37. The maximum atomic E-state index is 13.5. The third-order valence-corrected chi connectivity index (χ3v) is 6.02. The summed E-state index contributed by atoms with van der Waals surface area (Å²) in [6.07, 6.45) is 0.973. The Labute approximate surface area is 215 Å². The number of ketones is 1. The van der Waals surface area contributed by atoms with Gasteiger partial charge in [0.1, 0.15) is 5.60 Å². The topological polar surface area (TPSA) is 85.2 Å². The summed E-state index contributed by atoms with van der Waals surface area (Å²) in [4.78, 5) is 26.2. The largest absolute Gasteiger partial charge is 0.493 e. The predicted molar refractivity (Wildman–Crippen MR) is 142 cm³/mol. The van der Waals surface area contributed by atoms with Crippen LogP contribution in [0.5, 0.6) is 23.0 Å². The number of nitrogens with zero attached hydrogens (tertiary/aromatic N) is 1. The first-order valence-electron chi connectivity index (χ1n) is 11.8. The number of ether oxygens (including phenoxy) is 5. The van der Waals surface area contributed by atoms with Crippen molar-refractivity contribution < 1.29 is 33.3 Å². The third-order valence-electron chi connectivity index (χ3n) is 6.02. The number of fused-ring (bicyclic) bond motifs is 3. The second kappa shape index (κ2) is 10.0. The van der Waals surface area contributed by atoms with Gasteiger partial charge in [0.05, 0.1) is 34.1 Å². The van der Waals surface area contributed by atoms with Crippen LogP contribution >= 0.6 is 0 Å². The molecule has 0 bridgehead atoms. The lowest BCUT2D eigenvalue weighted by Gasteiger charge is -2.20. The van der Waals surface area contributed by atoms with E-state index < -0.39 is 11.7 Å². The van der Waals surface area contributed by atoms with Crippen LogP contribution < -0.4 is 18.9 Å². The monoisotopic (exact) mass is 505 g/mol. The molecule has 1 heterocycles. The Morgan fingerprint density at radius 1 is 0.757 bits per heavy atom. The highest BCUT2D eigenvalue weighted by atomic mass is 16.6. The molecule has 4 rings (SSSR count). The fourth-order valence-corrected chi connectivity index (χ4v) is 4.37. The molecule has 0 aliphatic heterocycles. The number of rotatable bonds is 7. The molecule has 37 heavy (non-hydrogen) atoms. The Morgan fingerprint density at radius 3 is 1.86 bits per heavy atom. The average Bonchev–Trinajstić information content (AvgIpc) is 3.36. The molecule has 0 radical (unpaired) electrons. The van der Waals surface area contributed by atoms with Gasteiger partial charge in [-0.2, -0.15) is 0 Å². The van der Waals surface area contributed by atoms with Crippen LogP contribution in [-0.4, -0.2) is 50.5 Å². The van der Waals surface area contributed by atoms with E-state index in [-0.39, 0.29) is 17.9 Å². The van der Waals surface area contributed by atoms with Gasteiger partial charge >= 0.3 is 6.09 Å². The highest BCUT2D eigenvalue weighted by Gasteiger charge is 2.23. The number of methoxy groups -OCH3 is 4. The average molecular weight is 506 g/mol. The van der Waals surface area contributed by atoms with Crippen molar-refractivity contribution in [2.75, 3.05) is 28.4 Å². The zero-order valence-corrected chi connectivity index (χ0v) is 22.1. The van der Waals surface area contributed by atoms with Crippen LogP contribution in [0.1, 0.15) is 36.8 Å². The van der Waals surface area contributed by atoms with E-state index in [1.165, 1.54) is 10.8 Å². The highest BCUT2D eigenvalue weighted by Crippen LogP contribution is 2.41. The van der Waals surface area contributed by atoms with Gasteiger partial charge in [-0.15, -0.1) is 0 Å². The molecule has 0 amide bonds. The molecule has 4 aromatic rings. The van der Waals surface area contributed by atoms with Crippen molar-refractivity contribution in [2.45, 2.75) is 32.8 Å². The Bertz CT molecular complexity index is 1490. The zero-order valence-electron chi connectivity index (χ0n) is 22.1. The lowest BCUT2D eigenvalue weighted by molar-refractivity contribution is 0.0528. The van der Waals surface area contributed by atoms with E-state index in [9.17, 15) is 9.59 Å². The summed E-state index contributed by atoms with van der Waals surface area (Å²) in [5.74, 6) is 2.04. The molecule has 0 atom stereocenters. The van der Waals surface area contributed by atoms with E-state index >= 15 is 0 Å². The van der Waals surface area contributed by atoms with Crippen molar-refractivity contribution in [2.24, 2.45) is 0 Å². The second-order valence-electron chi connectivity index (χ2n) is 9.56. The zero-order chi connectivity index (χ0) is 26.9. The molecule has 194 valence electrons. The summed E-state index contributed by atoms with van der Waals surface area (Å²) in [6, 6.07) is 12.8. The molecule has 0 aliphatic rings. The van der Waals surface area contributed by atoms with Gasteiger partial charge in [-0.05, 0) is 90.3 Å². The molecule has 0 saturated carbocycles. The van der Waals surface area contributed by atoms with Gasteiger partial charge in [0, 0.05) is 12.6 Å². The lowest BCUT2D eigenvalue weighted by atomic mass is 9.93. The van der Waals surface area contributed by atoms with E-state index in [0.717, 1.165) is 27.1 Å². The van der Waals surface area contributed by atoms with Crippen molar-refractivity contribution in [3.8, 4) is 23.0 Å². The number of carbonyl (C=O) groups is 2. The van der Waals surface area contributed by atoms with Crippen molar-refractivity contribution in [3.63, 3.8) is 0 Å². The number of hydrogen-bond acceptors (Lipinski definition) is 7. The maximum Gasteiger partial charge on any atom is 0.419 e. The van der Waals surface area contributed by atoms with E-state index in [4.69, 9.17) is 23.7 Å². The van der Waals surface area contributed by atoms with E-state index in [1.54, 1.807) is 61.3 Å². The standard InChI is InChI=1S/C29H31NO7/c1-29(2,3)37-28(32)30-10-8-9-22(30)23(31)12-17-11-18-13-24(33-4)25(34-5)15-20(18)21-16-27(36-7)26(35-6)14-19(17)21/h8-11,13-16H,12H2,1-7H3. The molecule has 8 nitrogen and oxygen atoms in total. The van der Waals surface area contributed by atoms with Gasteiger partial charge in [0.15, 0.2) is 28.8 Å².